The molecule has 4 N–H and O–H groups in total. The number of hydrogen-bond acceptors (Lipinski definition) is 6. The van der Waals surface area contributed by atoms with E-state index in [9.17, 15) is 14.4 Å². The summed E-state index contributed by atoms with van der Waals surface area (Å²) in [6.45, 7) is 5.95. The average molecular weight is 660 g/mol. The van der Waals surface area contributed by atoms with Crippen molar-refractivity contribution in [3.63, 3.8) is 0 Å². The Kier molecular flexibility index (Phi) is 10.3. The normalized spacial score (nSPS) is 17.7. The molecule has 224 valence electrons. The Hall–Kier alpha value is -3.44. The topological polar surface area (TPSA) is 143 Å². The zero-order valence-electron chi connectivity index (χ0n) is 23.9. The van der Waals surface area contributed by atoms with Crippen molar-refractivity contribution in [2.24, 2.45) is 17.6 Å². The Morgan fingerprint density at radius 1 is 1.10 bits per heavy atom. The third-order valence-electron chi connectivity index (χ3n) is 7.21. The Morgan fingerprint density at radius 3 is 2.29 bits per heavy atom. The van der Waals surface area contributed by atoms with Gasteiger partial charge < -0.3 is 15.8 Å². The van der Waals surface area contributed by atoms with Crippen LogP contribution in [0.3, 0.4) is 0 Å². The van der Waals surface area contributed by atoms with Crippen LogP contribution < -0.4 is 16.0 Å². The van der Waals surface area contributed by atoms with Gasteiger partial charge in [0.15, 0.2) is 5.82 Å². The highest BCUT2D eigenvalue weighted by atomic mass is 79.9. The predicted octanol–water partition coefficient (Wildman–Crippen LogP) is 5.65. The summed E-state index contributed by atoms with van der Waals surface area (Å²) < 4.78 is 6.25. The van der Waals surface area contributed by atoms with E-state index in [0.29, 0.717) is 36.5 Å². The predicted molar refractivity (Wildman–Crippen MR) is 165 cm³/mol. The highest BCUT2D eigenvalue weighted by molar-refractivity contribution is 9.10. The fourth-order valence-electron chi connectivity index (χ4n) is 5.12. The molecule has 42 heavy (non-hydrogen) atoms. The van der Waals surface area contributed by atoms with E-state index in [1.54, 1.807) is 29.2 Å². The van der Waals surface area contributed by atoms with Gasteiger partial charge >= 0.3 is 6.09 Å². The third-order valence-corrected chi connectivity index (χ3v) is 7.91. The molecule has 0 bridgehead atoms. The first-order chi connectivity index (χ1) is 19.9. The molecule has 10 nitrogen and oxygen atoms in total. The molecule has 3 amide bonds. The first-order valence-corrected chi connectivity index (χ1v) is 15.1. The van der Waals surface area contributed by atoms with Crippen molar-refractivity contribution in [2.75, 3.05) is 11.4 Å². The number of amides is 3. The van der Waals surface area contributed by atoms with E-state index in [1.807, 2.05) is 45.0 Å². The van der Waals surface area contributed by atoms with Crippen molar-refractivity contribution in [1.82, 2.24) is 20.5 Å². The number of H-pyrrole nitrogens is 1. The summed E-state index contributed by atoms with van der Waals surface area (Å²) >= 11 is 9.33. The number of hydrogen-bond donors (Lipinski definition) is 3. The Morgan fingerprint density at radius 2 is 1.74 bits per heavy atom. The van der Waals surface area contributed by atoms with Crippen molar-refractivity contribution in [3.05, 3.63) is 63.9 Å². The summed E-state index contributed by atoms with van der Waals surface area (Å²) in [6.07, 6.45) is 2.61. The van der Waals surface area contributed by atoms with E-state index < -0.39 is 23.6 Å². The molecule has 2 aromatic carbocycles. The van der Waals surface area contributed by atoms with Crippen LogP contribution in [-0.4, -0.2) is 51.3 Å². The number of nitrogens with one attached hydrogen (secondary N) is 2. The van der Waals surface area contributed by atoms with Gasteiger partial charge in [-0.2, -0.15) is 10.1 Å². The van der Waals surface area contributed by atoms with Crippen molar-refractivity contribution in [2.45, 2.75) is 64.5 Å². The van der Waals surface area contributed by atoms with Crippen molar-refractivity contribution in [1.29, 1.82) is 0 Å². The van der Waals surface area contributed by atoms with Gasteiger partial charge in [-0.1, -0.05) is 28.1 Å². The van der Waals surface area contributed by atoms with Crippen LogP contribution in [0.15, 0.2) is 53.0 Å². The molecule has 0 spiro atoms. The number of nitrogens with two attached hydrogens (primary N) is 1. The number of benzene rings is 2. The van der Waals surface area contributed by atoms with Gasteiger partial charge in [0, 0.05) is 34.6 Å². The average Bonchev–Trinajstić information content (AvgIpc) is 3.38. The van der Waals surface area contributed by atoms with Gasteiger partial charge in [-0.3, -0.25) is 14.5 Å². The molecule has 12 heteroatoms. The number of ether oxygens (including phenoxy) is 1. The Bertz CT molecular complexity index is 1380. The van der Waals surface area contributed by atoms with Crippen LogP contribution in [-0.2, 0) is 20.7 Å². The van der Waals surface area contributed by atoms with Gasteiger partial charge in [-0.25, -0.2) is 9.89 Å². The number of halogens is 2. The summed E-state index contributed by atoms with van der Waals surface area (Å²) in [6, 6.07) is 13.8. The fourth-order valence-corrected chi connectivity index (χ4v) is 5.50. The van der Waals surface area contributed by atoms with E-state index in [1.165, 1.54) is 0 Å². The van der Waals surface area contributed by atoms with Crippen LogP contribution >= 0.6 is 27.5 Å². The molecule has 1 fully saturated rings. The lowest BCUT2D eigenvalue weighted by molar-refractivity contribution is -0.127. The molecule has 1 aromatic heterocycles. The van der Waals surface area contributed by atoms with Gasteiger partial charge in [0.25, 0.3) is 0 Å². The van der Waals surface area contributed by atoms with E-state index in [-0.39, 0.29) is 29.4 Å². The van der Waals surface area contributed by atoms with Crippen LogP contribution in [0.4, 0.5) is 10.5 Å². The second-order valence-electron chi connectivity index (χ2n) is 11.6. The fraction of sp³-hybridized carbons (Fsp3) is 0.433. The second kappa shape index (κ2) is 13.7. The quantitative estimate of drug-likeness (QED) is 0.271. The van der Waals surface area contributed by atoms with Gasteiger partial charge in [-0.05, 0) is 106 Å². The number of aromatic amines is 1. The Balaban J connectivity index is 1.52. The monoisotopic (exact) mass is 658 g/mol. The number of aromatic nitrogens is 3. The molecule has 0 saturated heterocycles. The largest absolute Gasteiger partial charge is 0.444 e. The maximum absolute atomic E-state index is 14.2. The minimum absolute atomic E-state index is 0.150. The number of nitrogens with zero attached hydrogens (tertiary/aromatic N) is 3. The molecular weight excluding hydrogens is 624 g/mol. The zero-order chi connectivity index (χ0) is 30.4. The highest BCUT2D eigenvalue weighted by Crippen LogP contribution is 2.33. The first kappa shape index (κ1) is 31.5. The molecule has 1 heterocycles. The van der Waals surface area contributed by atoms with E-state index in [0.717, 1.165) is 22.9 Å². The second-order valence-corrected chi connectivity index (χ2v) is 12.8. The molecule has 0 radical (unpaired) electrons. The maximum atomic E-state index is 14.2. The van der Waals surface area contributed by atoms with E-state index >= 15 is 0 Å². The van der Waals surface area contributed by atoms with Crippen LogP contribution in [0.5, 0.6) is 0 Å². The summed E-state index contributed by atoms with van der Waals surface area (Å²) in [7, 11) is 0. The van der Waals surface area contributed by atoms with Crippen molar-refractivity contribution >= 4 is 51.1 Å². The van der Waals surface area contributed by atoms with Gasteiger partial charge in [0.1, 0.15) is 11.6 Å². The van der Waals surface area contributed by atoms with Gasteiger partial charge in [0.05, 0.1) is 0 Å². The molecule has 3 aromatic rings. The molecular formula is C30H36BrClN6O4. The van der Waals surface area contributed by atoms with E-state index in [4.69, 9.17) is 22.1 Å². The minimum atomic E-state index is -0.894. The summed E-state index contributed by atoms with van der Waals surface area (Å²) in [5.41, 5.74) is 7.52. The first-order valence-electron chi connectivity index (χ1n) is 13.9. The lowest BCUT2D eigenvalue weighted by atomic mass is 9.81. The van der Waals surface area contributed by atoms with Gasteiger partial charge in [-0.15, -0.1) is 0 Å². The number of rotatable bonds is 9. The van der Waals surface area contributed by atoms with Gasteiger partial charge in [0.2, 0.25) is 17.1 Å². The molecule has 0 unspecified atom stereocenters. The molecule has 1 aliphatic rings. The molecule has 1 atom stereocenters. The molecule has 1 aliphatic carbocycles. The number of carbonyl (C=O) groups is 3. The van der Waals surface area contributed by atoms with Crippen molar-refractivity contribution < 1.29 is 19.1 Å². The molecule has 4 rings (SSSR count). The summed E-state index contributed by atoms with van der Waals surface area (Å²) in [5.74, 6) is -0.378. The molecule has 0 aliphatic heterocycles. The lowest BCUT2D eigenvalue weighted by Crippen LogP contribution is -2.52. The molecule has 1 saturated carbocycles. The number of primary amides is 1. The smallest absolute Gasteiger partial charge is 0.407 e. The zero-order valence-corrected chi connectivity index (χ0v) is 26.2. The maximum Gasteiger partial charge on any atom is 0.407 e. The van der Waals surface area contributed by atoms with E-state index in [2.05, 4.69) is 36.4 Å². The lowest BCUT2D eigenvalue weighted by Gasteiger charge is -2.36. The summed E-state index contributed by atoms with van der Waals surface area (Å²) in [4.78, 5) is 44.8. The number of anilines is 1. The summed E-state index contributed by atoms with van der Waals surface area (Å²) in [5, 5.41) is 9.71. The SMILES string of the molecule is CC(C)(C)OC(=O)NCC1CCC(C(=O)N(c2ccc(-c3n[nH]c(Cl)n3)cc2)[C@@H](Cc2ccc(Br)cc2)C(N)=O)CC1. The Labute approximate surface area is 258 Å². The number of alkyl carbamates (subject to hydrolysis) is 1. The van der Waals surface area contributed by atoms with Crippen LogP contribution in [0.1, 0.15) is 52.0 Å². The third kappa shape index (κ3) is 8.54. The minimum Gasteiger partial charge on any atom is -0.444 e. The van der Waals surface area contributed by atoms with Crippen LogP contribution in [0.25, 0.3) is 11.4 Å². The number of carbonyl (C=O) groups excluding carboxylic acids is 3. The van der Waals surface area contributed by atoms with Crippen LogP contribution in [0.2, 0.25) is 5.28 Å². The van der Waals surface area contributed by atoms with Crippen LogP contribution in [0, 0.1) is 11.8 Å². The highest BCUT2D eigenvalue weighted by Gasteiger charge is 2.36. The van der Waals surface area contributed by atoms with Crippen molar-refractivity contribution in [3.8, 4) is 11.4 Å². The standard InChI is InChI=1S/C30H36BrClN6O4/c1-30(2,3)42-29(41)34-17-19-4-8-21(9-5-19)27(40)38(24(25(33)39)16-18-6-12-22(31)13-7-18)23-14-10-20(11-15-23)26-35-28(32)37-36-26/h6-7,10-15,19,21,24H,4-5,8-9,16-17H2,1-3H3,(H2,33,39)(H,34,41)(H,35,36,37)/t19?,21?,24-/m0/s1.